The highest BCUT2D eigenvalue weighted by molar-refractivity contribution is 5.82. The van der Waals surface area contributed by atoms with Gasteiger partial charge in [-0.05, 0) is 49.4 Å². The molecule has 1 aliphatic rings. The number of rotatable bonds is 9. The Bertz CT molecular complexity index is 1520. The van der Waals surface area contributed by atoms with E-state index < -0.39 is 29.2 Å². The van der Waals surface area contributed by atoms with Gasteiger partial charge < -0.3 is 29.8 Å². The highest BCUT2D eigenvalue weighted by atomic mass is 19.2. The minimum Gasteiger partial charge on any atom is -0.383 e. The number of aromatic nitrogens is 4. The first kappa shape index (κ1) is 28.2. The molecule has 3 N–H and O–H groups in total. The molecule has 10 nitrogen and oxygen atoms in total. The standard InChI is InChI=1S/C28H27F3N6O4/c1-28(26(38)32-11-12-39-2)14-40-25(41-15-28)24-36-22(16-3-5-17(29)6-4-16)23(37-24)21-9-10-33-27(35-21)34-18-7-8-19(30)20(31)13-18/h3-10,13,25H,11-12,14-15H2,1-2H3,(H,32,38)(H,36,37)(H,33,34,35). The van der Waals surface area contributed by atoms with Gasteiger partial charge in [-0.2, -0.15) is 0 Å². The quantitative estimate of drug-likeness (QED) is 0.252. The van der Waals surface area contributed by atoms with E-state index in [1.807, 2.05) is 0 Å². The summed E-state index contributed by atoms with van der Waals surface area (Å²) in [5.41, 5.74) is 1.24. The summed E-state index contributed by atoms with van der Waals surface area (Å²) in [6.45, 7) is 2.64. The number of carbonyl (C=O) groups excluding carboxylic acids is 1. The van der Waals surface area contributed by atoms with Gasteiger partial charge in [-0.25, -0.2) is 28.1 Å². The predicted octanol–water partition coefficient (Wildman–Crippen LogP) is 4.51. The number of benzene rings is 2. The fraction of sp³-hybridized carbons (Fsp3) is 0.286. The molecule has 1 saturated heterocycles. The van der Waals surface area contributed by atoms with Gasteiger partial charge in [0.1, 0.15) is 5.82 Å². The number of anilines is 2. The van der Waals surface area contributed by atoms with Crippen molar-refractivity contribution in [1.82, 2.24) is 25.3 Å². The van der Waals surface area contributed by atoms with Crippen LogP contribution in [0.5, 0.6) is 0 Å². The first-order chi connectivity index (χ1) is 19.8. The fourth-order valence-electron chi connectivity index (χ4n) is 4.14. The summed E-state index contributed by atoms with van der Waals surface area (Å²) in [4.78, 5) is 29.2. The molecule has 0 radical (unpaired) electrons. The monoisotopic (exact) mass is 568 g/mol. The van der Waals surface area contributed by atoms with Crippen molar-refractivity contribution < 1.29 is 32.2 Å². The molecule has 0 saturated carbocycles. The molecule has 2 aromatic heterocycles. The van der Waals surface area contributed by atoms with Crippen LogP contribution in [0.3, 0.4) is 0 Å². The van der Waals surface area contributed by atoms with Crippen LogP contribution in [0.15, 0.2) is 54.7 Å². The lowest BCUT2D eigenvalue weighted by Gasteiger charge is -2.35. The molecule has 0 aliphatic carbocycles. The topological polar surface area (TPSA) is 123 Å². The van der Waals surface area contributed by atoms with Crippen molar-refractivity contribution in [1.29, 1.82) is 0 Å². The number of methoxy groups -OCH3 is 1. The van der Waals surface area contributed by atoms with E-state index in [2.05, 4.69) is 30.6 Å². The van der Waals surface area contributed by atoms with Gasteiger partial charge in [-0.15, -0.1) is 0 Å². The number of nitrogens with one attached hydrogen (secondary N) is 3. The summed E-state index contributed by atoms with van der Waals surface area (Å²) >= 11 is 0. The number of hydrogen-bond donors (Lipinski definition) is 3. The zero-order chi connectivity index (χ0) is 29.0. The van der Waals surface area contributed by atoms with E-state index in [1.165, 1.54) is 24.4 Å². The van der Waals surface area contributed by atoms with Crippen LogP contribution in [0.1, 0.15) is 19.0 Å². The second-order valence-electron chi connectivity index (χ2n) is 9.64. The number of imidazole rings is 1. The van der Waals surface area contributed by atoms with Crippen molar-refractivity contribution in [3.8, 4) is 22.6 Å². The summed E-state index contributed by atoms with van der Waals surface area (Å²) < 4.78 is 57.5. The molecular formula is C28H27F3N6O4. The minimum atomic E-state index is -1.01. The third-order valence-electron chi connectivity index (χ3n) is 6.40. The molecule has 41 heavy (non-hydrogen) atoms. The van der Waals surface area contributed by atoms with Crippen LogP contribution in [-0.4, -0.2) is 59.3 Å². The predicted molar refractivity (Wildman–Crippen MR) is 142 cm³/mol. The molecule has 0 spiro atoms. The van der Waals surface area contributed by atoms with Crippen molar-refractivity contribution >= 4 is 17.5 Å². The van der Waals surface area contributed by atoms with Gasteiger partial charge in [0.2, 0.25) is 18.1 Å². The van der Waals surface area contributed by atoms with E-state index in [4.69, 9.17) is 14.2 Å². The smallest absolute Gasteiger partial charge is 0.230 e. The Morgan fingerprint density at radius 3 is 2.54 bits per heavy atom. The number of amides is 1. The van der Waals surface area contributed by atoms with Crippen molar-refractivity contribution in [3.05, 3.63) is 78.0 Å². The highest BCUT2D eigenvalue weighted by Crippen LogP contribution is 2.35. The Morgan fingerprint density at radius 1 is 1.07 bits per heavy atom. The molecule has 4 aromatic rings. The molecule has 0 unspecified atom stereocenters. The molecule has 3 heterocycles. The van der Waals surface area contributed by atoms with Crippen molar-refractivity contribution in [2.24, 2.45) is 5.41 Å². The zero-order valence-electron chi connectivity index (χ0n) is 22.2. The molecule has 13 heteroatoms. The maximum absolute atomic E-state index is 13.7. The van der Waals surface area contributed by atoms with Crippen LogP contribution in [0.25, 0.3) is 22.6 Å². The highest BCUT2D eigenvalue weighted by Gasteiger charge is 2.40. The second-order valence-corrected chi connectivity index (χ2v) is 9.64. The molecule has 1 fully saturated rings. The van der Waals surface area contributed by atoms with E-state index >= 15 is 0 Å². The summed E-state index contributed by atoms with van der Waals surface area (Å²) in [5, 5.41) is 5.65. The molecule has 2 aromatic carbocycles. The van der Waals surface area contributed by atoms with Gasteiger partial charge in [0.05, 0.1) is 42.3 Å². The Kier molecular flexibility index (Phi) is 8.28. The van der Waals surface area contributed by atoms with Crippen LogP contribution in [0.4, 0.5) is 24.8 Å². The van der Waals surface area contributed by atoms with Crippen LogP contribution in [0, 0.1) is 22.9 Å². The summed E-state index contributed by atoms with van der Waals surface area (Å²) in [6, 6.07) is 10.7. The van der Waals surface area contributed by atoms with Crippen molar-refractivity contribution in [2.45, 2.75) is 13.2 Å². The van der Waals surface area contributed by atoms with E-state index in [-0.39, 0.29) is 30.8 Å². The average molecular weight is 569 g/mol. The third-order valence-corrected chi connectivity index (χ3v) is 6.40. The SMILES string of the molecule is COCCNC(=O)C1(C)COC(c2nc(-c3ccc(F)cc3)c(-c3ccnc(Nc4ccc(F)c(F)c4)n3)[nH]2)OC1. The zero-order valence-corrected chi connectivity index (χ0v) is 22.2. The number of halogens is 3. The number of hydrogen-bond acceptors (Lipinski definition) is 8. The number of nitrogens with zero attached hydrogens (tertiary/aromatic N) is 3. The second kappa shape index (κ2) is 12.0. The lowest BCUT2D eigenvalue weighted by molar-refractivity contribution is -0.231. The Morgan fingerprint density at radius 2 is 1.83 bits per heavy atom. The summed E-state index contributed by atoms with van der Waals surface area (Å²) in [5.74, 6) is -2.18. The van der Waals surface area contributed by atoms with Crippen LogP contribution >= 0.6 is 0 Å². The van der Waals surface area contributed by atoms with E-state index in [9.17, 15) is 18.0 Å². The van der Waals surface area contributed by atoms with Gasteiger partial charge in [-0.1, -0.05) is 0 Å². The van der Waals surface area contributed by atoms with Crippen LogP contribution in [0.2, 0.25) is 0 Å². The van der Waals surface area contributed by atoms with Crippen LogP contribution in [-0.2, 0) is 19.0 Å². The molecule has 214 valence electrons. The van der Waals surface area contributed by atoms with Gasteiger partial charge in [-0.3, -0.25) is 4.79 Å². The Hall–Kier alpha value is -4.33. The molecule has 1 aliphatic heterocycles. The van der Waals surface area contributed by atoms with Gasteiger partial charge >= 0.3 is 0 Å². The third kappa shape index (κ3) is 6.37. The first-order valence-electron chi connectivity index (χ1n) is 12.7. The average Bonchev–Trinajstić information content (AvgIpc) is 3.41. The van der Waals surface area contributed by atoms with Crippen molar-refractivity contribution in [2.75, 3.05) is 38.8 Å². The minimum absolute atomic E-state index is 0.0776. The lowest BCUT2D eigenvalue weighted by atomic mass is 9.91. The van der Waals surface area contributed by atoms with E-state index in [0.29, 0.717) is 41.6 Å². The molecular weight excluding hydrogens is 541 g/mol. The normalized spacial score (nSPS) is 18.7. The largest absolute Gasteiger partial charge is 0.383 e. The molecule has 5 rings (SSSR count). The van der Waals surface area contributed by atoms with Crippen molar-refractivity contribution in [3.63, 3.8) is 0 Å². The molecule has 0 atom stereocenters. The Balaban J connectivity index is 1.42. The number of ether oxygens (including phenoxy) is 3. The maximum Gasteiger partial charge on any atom is 0.230 e. The number of H-pyrrole nitrogens is 1. The Labute approximate surface area is 233 Å². The van der Waals surface area contributed by atoms with E-state index in [0.717, 1.165) is 12.1 Å². The fourth-order valence-corrected chi connectivity index (χ4v) is 4.14. The van der Waals surface area contributed by atoms with Crippen LogP contribution < -0.4 is 10.6 Å². The van der Waals surface area contributed by atoms with Gasteiger partial charge in [0.15, 0.2) is 17.5 Å². The maximum atomic E-state index is 13.7. The molecule has 1 amide bonds. The van der Waals surface area contributed by atoms with Gasteiger partial charge in [0, 0.05) is 37.2 Å². The summed E-state index contributed by atoms with van der Waals surface area (Å²) in [6.07, 6.45) is 0.574. The lowest BCUT2D eigenvalue weighted by Crippen LogP contribution is -2.49. The number of carbonyl (C=O) groups is 1. The molecule has 0 bridgehead atoms. The first-order valence-corrected chi connectivity index (χ1v) is 12.7. The number of aromatic amines is 1. The van der Waals surface area contributed by atoms with Gasteiger partial charge in [0.25, 0.3) is 0 Å². The van der Waals surface area contributed by atoms with E-state index in [1.54, 1.807) is 32.2 Å². The summed E-state index contributed by atoms with van der Waals surface area (Å²) in [7, 11) is 1.55.